The van der Waals surface area contributed by atoms with Crippen molar-refractivity contribution in [2.75, 3.05) is 11.6 Å². The highest BCUT2D eigenvalue weighted by molar-refractivity contribution is 7.98. The first-order chi connectivity index (χ1) is 8.24. The van der Waals surface area contributed by atoms with Crippen LogP contribution in [0.2, 0.25) is 0 Å². The van der Waals surface area contributed by atoms with Gasteiger partial charge in [0.05, 0.1) is 5.56 Å². The maximum absolute atomic E-state index is 11.0. The fourth-order valence-electron chi connectivity index (χ4n) is 2.21. The minimum Gasteiger partial charge on any atom is -0.366 e. The summed E-state index contributed by atoms with van der Waals surface area (Å²) in [5.74, 6) is 1.32. The van der Waals surface area contributed by atoms with Crippen LogP contribution in [0.5, 0.6) is 0 Å². The van der Waals surface area contributed by atoms with Crippen molar-refractivity contribution in [3.8, 4) is 0 Å². The molecule has 92 valence electrons. The molecule has 1 aromatic rings. The summed E-state index contributed by atoms with van der Waals surface area (Å²) >= 11 is 1.48. The molecule has 2 atom stereocenters. The van der Waals surface area contributed by atoms with Gasteiger partial charge in [-0.05, 0) is 25.0 Å². The normalized spacial score (nSPS) is 23.6. The van der Waals surface area contributed by atoms with E-state index < -0.39 is 0 Å². The van der Waals surface area contributed by atoms with E-state index in [-0.39, 0.29) is 0 Å². The predicted octanol–water partition coefficient (Wildman–Crippen LogP) is 2.61. The predicted molar refractivity (Wildman–Crippen MR) is 69.6 cm³/mol. The summed E-state index contributed by atoms with van der Waals surface area (Å²) in [4.78, 5) is 19.4. The number of hydrogen-bond donors (Lipinski definition) is 1. The summed E-state index contributed by atoms with van der Waals surface area (Å²) in [6.07, 6.45) is 7.97. The van der Waals surface area contributed by atoms with E-state index in [1.807, 2.05) is 6.26 Å². The number of hydrogen-bond acceptors (Lipinski definition) is 5. The highest BCUT2D eigenvalue weighted by Crippen LogP contribution is 2.28. The molecular formula is C12H17N3OS. The summed E-state index contributed by atoms with van der Waals surface area (Å²) in [6, 6.07) is 0.429. The number of aromatic nitrogens is 2. The number of thioether (sulfide) groups is 1. The third-order valence-corrected chi connectivity index (χ3v) is 3.85. The second-order valence-corrected chi connectivity index (χ2v) is 5.21. The molecule has 1 aliphatic carbocycles. The van der Waals surface area contributed by atoms with E-state index in [0.717, 1.165) is 12.7 Å². The van der Waals surface area contributed by atoms with Crippen molar-refractivity contribution in [3.63, 3.8) is 0 Å². The number of anilines is 1. The molecule has 0 aliphatic heterocycles. The van der Waals surface area contributed by atoms with Crippen LogP contribution in [0.3, 0.4) is 0 Å². The van der Waals surface area contributed by atoms with Crippen LogP contribution in [0.15, 0.2) is 11.4 Å². The summed E-state index contributed by atoms with van der Waals surface area (Å²) in [6.45, 7) is 2.24. The second-order valence-electron chi connectivity index (χ2n) is 4.44. The van der Waals surface area contributed by atoms with Gasteiger partial charge in [0.15, 0.2) is 11.4 Å². The Morgan fingerprint density at radius 3 is 2.94 bits per heavy atom. The molecule has 0 amide bonds. The highest BCUT2D eigenvalue weighted by atomic mass is 32.2. The van der Waals surface area contributed by atoms with E-state index in [9.17, 15) is 4.79 Å². The fraction of sp³-hybridized carbons (Fsp3) is 0.583. The maximum atomic E-state index is 11.0. The van der Waals surface area contributed by atoms with Crippen LogP contribution < -0.4 is 5.32 Å². The molecule has 0 bridgehead atoms. The van der Waals surface area contributed by atoms with Gasteiger partial charge in [-0.2, -0.15) is 0 Å². The maximum Gasteiger partial charge on any atom is 0.189 e. The molecule has 1 unspecified atom stereocenters. The molecule has 1 aliphatic rings. The van der Waals surface area contributed by atoms with E-state index in [4.69, 9.17) is 0 Å². The zero-order chi connectivity index (χ0) is 12.3. The number of nitrogens with one attached hydrogen (secondary N) is 1. The smallest absolute Gasteiger partial charge is 0.189 e. The first kappa shape index (κ1) is 12.4. The SMILES string of the molecule is CSc1ncc(C=O)c(NC2CCC[C@@H]2C)n1. The summed E-state index contributed by atoms with van der Waals surface area (Å²) < 4.78 is 0. The standard InChI is InChI=1S/C12H17N3OS/c1-8-4-3-5-10(8)14-11-9(7-16)6-13-12(15-11)17-2/h6-8,10H,3-5H2,1-2H3,(H,13,14,15)/t8-,10?/m0/s1. The molecular weight excluding hydrogens is 234 g/mol. The van der Waals surface area contributed by atoms with E-state index in [1.165, 1.54) is 24.6 Å². The fourth-order valence-corrected chi connectivity index (χ4v) is 2.55. The Labute approximate surface area is 106 Å². The number of rotatable bonds is 4. The van der Waals surface area contributed by atoms with Gasteiger partial charge in [-0.25, -0.2) is 9.97 Å². The van der Waals surface area contributed by atoms with Gasteiger partial charge in [-0.1, -0.05) is 25.1 Å². The first-order valence-corrected chi connectivity index (χ1v) is 7.10. The molecule has 0 aromatic carbocycles. The van der Waals surface area contributed by atoms with Gasteiger partial charge in [0, 0.05) is 12.2 Å². The zero-order valence-electron chi connectivity index (χ0n) is 10.1. The highest BCUT2D eigenvalue weighted by Gasteiger charge is 2.24. The molecule has 5 heteroatoms. The van der Waals surface area contributed by atoms with Crippen LogP contribution in [-0.2, 0) is 0 Å². The van der Waals surface area contributed by atoms with Gasteiger partial charge in [-0.3, -0.25) is 4.79 Å². The average Bonchev–Trinajstić information content (AvgIpc) is 2.75. The van der Waals surface area contributed by atoms with E-state index >= 15 is 0 Å². The lowest BCUT2D eigenvalue weighted by Crippen LogP contribution is -2.23. The van der Waals surface area contributed by atoms with Gasteiger partial charge >= 0.3 is 0 Å². The lowest BCUT2D eigenvalue weighted by atomic mass is 10.1. The van der Waals surface area contributed by atoms with Crippen LogP contribution in [0.4, 0.5) is 5.82 Å². The molecule has 1 N–H and O–H groups in total. The minimum absolute atomic E-state index is 0.429. The van der Waals surface area contributed by atoms with Crippen molar-refractivity contribution in [1.82, 2.24) is 9.97 Å². The van der Waals surface area contributed by atoms with Crippen molar-refractivity contribution >= 4 is 23.9 Å². The van der Waals surface area contributed by atoms with Crippen LogP contribution in [0.25, 0.3) is 0 Å². The Balaban J connectivity index is 2.20. The van der Waals surface area contributed by atoms with Crippen LogP contribution in [-0.4, -0.2) is 28.6 Å². The molecule has 4 nitrogen and oxygen atoms in total. The van der Waals surface area contributed by atoms with E-state index in [1.54, 1.807) is 6.20 Å². The summed E-state index contributed by atoms with van der Waals surface area (Å²) in [7, 11) is 0. The molecule has 1 saturated carbocycles. The first-order valence-electron chi connectivity index (χ1n) is 5.87. The van der Waals surface area contributed by atoms with Gasteiger partial charge in [-0.15, -0.1) is 0 Å². The Morgan fingerprint density at radius 1 is 1.53 bits per heavy atom. The lowest BCUT2D eigenvalue weighted by molar-refractivity contribution is 0.112. The molecule has 0 saturated heterocycles. The quantitative estimate of drug-likeness (QED) is 0.506. The van der Waals surface area contributed by atoms with E-state index in [2.05, 4.69) is 22.2 Å². The monoisotopic (exact) mass is 251 g/mol. The Kier molecular flexibility index (Phi) is 3.99. The Hall–Kier alpha value is -1.10. The zero-order valence-corrected chi connectivity index (χ0v) is 11.0. The molecule has 1 heterocycles. The molecule has 2 rings (SSSR count). The second kappa shape index (κ2) is 5.49. The Morgan fingerprint density at radius 2 is 2.35 bits per heavy atom. The molecule has 0 spiro atoms. The molecule has 0 radical (unpaired) electrons. The number of carbonyl (C=O) groups is 1. The van der Waals surface area contributed by atoms with Gasteiger partial charge in [0.1, 0.15) is 5.82 Å². The number of nitrogens with zero attached hydrogens (tertiary/aromatic N) is 2. The van der Waals surface area contributed by atoms with Crippen LogP contribution >= 0.6 is 11.8 Å². The molecule has 1 aromatic heterocycles. The molecule has 17 heavy (non-hydrogen) atoms. The van der Waals surface area contributed by atoms with Crippen molar-refractivity contribution in [3.05, 3.63) is 11.8 Å². The third-order valence-electron chi connectivity index (χ3n) is 3.29. The van der Waals surface area contributed by atoms with Crippen molar-refractivity contribution in [1.29, 1.82) is 0 Å². The average molecular weight is 251 g/mol. The van der Waals surface area contributed by atoms with Gasteiger partial charge in [0.25, 0.3) is 0 Å². The van der Waals surface area contributed by atoms with Crippen LogP contribution in [0, 0.1) is 5.92 Å². The number of carbonyl (C=O) groups excluding carboxylic acids is 1. The van der Waals surface area contributed by atoms with Gasteiger partial charge < -0.3 is 5.32 Å². The molecule has 1 fully saturated rings. The third kappa shape index (κ3) is 2.77. The van der Waals surface area contributed by atoms with E-state index in [0.29, 0.717) is 28.5 Å². The topological polar surface area (TPSA) is 54.9 Å². The van der Waals surface area contributed by atoms with Crippen molar-refractivity contribution in [2.24, 2.45) is 5.92 Å². The largest absolute Gasteiger partial charge is 0.366 e. The Bertz CT molecular complexity index is 411. The summed E-state index contributed by atoms with van der Waals surface area (Å²) in [5, 5.41) is 4.09. The van der Waals surface area contributed by atoms with Gasteiger partial charge in [0.2, 0.25) is 0 Å². The summed E-state index contributed by atoms with van der Waals surface area (Å²) in [5.41, 5.74) is 0.543. The van der Waals surface area contributed by atoms with Crippen LogP contribution in [0.1, 0.15) is 36.5 Å². The minimum atomic E-state index is 0.429. The lowest BCUT2D eigenvalue weighted by Gasteiger charge is -2.18. The number of aldehydes is 1. The van der Waals surface area contributed by atoms with Crippen molar-refractivity contribution < 1.29 is 4.79 Å². The van der Waals surface area contributed by atoms with Crippen molar-refractivity contribution in [2.45, 2.75) is 37.4 Å².